The fraction of sp³-hybridized carbons (Fsp3) is 0.769. The van der Waals surface area contributed by atoms with Crippen molar-refractivity contribution in [3.63, 3.8) is 0 Å². The number of aromatic nitrogens is 1. The minimum absolute atomic E-state index is 0.419. The number of hydrogen-bond acceptors (Lipinski definition) is 4. The Hall–Kier alpha value is -0.450. The summed E-state index contributed by atoms with van der Waals surface area (Å²) in [5, 5.41) is 4.73. The van der Waals surface area contributed by atoms with Crippen LogP contribution < -0.4 is 5.32 Å². The first kappa shape index (κ1) is 13.0. The molecule has 0 radical (unpaired) electrons. The Bertz CT molecular complexity index is 369. The molecule has 1 saturated heterocycles. The molecule has 1 N–H and O–H groups in total. The van der Waals surface area contributed by atoms with Crippen LogP contribution in [0.5, 0.6) is 0 Å². The minimum atomic E-state index is 0.419. The highest BCUT2D eigenvalue weighted by molar-refractivity contribution is 7.11. The van der Waals surface area contributed by atoms with Gasteiger partial charge in [0.05, 0.1) is 16.7 Å². The van der Waals surface area contributed by atoms with E-state index in [4.69, 9.17) is 0 Å². The smallest absolute Gasteiger partial charge is 0.0900 e. The normalized spacial score (nSPS) is 22.3. The SMILES string of the molecule is Cc1nc(C(C)N(C)CC2CCCN2)c(C)s1. The van der Waals surface area contributed by atoms with Gasteiger partial charge in [0.25, 0.3) is 0 Å². The van der Waals surface area contributed by atoms with Gasteiger partial charge in [0, 0.05) is 17.5 Å². The molecule has 1 fully saturated rings. The maximum absolute atomic E-state index is 4.66. The summed E-state index contributed by atoms with van der Waals surface area (Å²) >= 11 is 1.80. The molecule has 1 aliphatic rings. The summed E-state index contributed by atoms with van der Waals surface area (Å²) < 4.78 is 0. The molecule has 17 heavy (non-hydrogen) atoms. The van der Waals surface area contributed by atoms with Crippen LogP contribution >= 0.6 is 11.3 Å². The van der Waals surface area contributed by atoms with Crippen molar-refractivity contribution in [1.29, 1.82) is 0 Å². The summed E-state index contributed by atoms with van der Waals surface area (Å²) in [5.41, 5.74) is 1.26. The van der Waals surface area contributed by atoms with Gasteiger partial charge in [-0.15, -0.1) is 11.3 Å². The second kappa shape index (κ2) is 5.46. The number of likely N-dealkylation sites (N-methyl/N-ethyl adjacent to an activating group) is 1. The lowest BCUT2D eigenvalue weighted by Crippen LogP contribution is -2.36. The molecular formula is C13H23N3S. The van der Waals surface area contributed by atoms with Gasteiger partial charge < -0.3 is 5.32 Å². The number of nitrogens with zero attached hydrogens (tertiary/aromatic N) is 2. The molecule has 96 valence electrons. The van der Waals surface area contributed by atoms with Crippen molar-refractivity contribution in [2.24, 2.45) is 0 Å². The van der Waals surface area contributed by atoms with Crippen LogP contribution in [0.25, 0.3) is 0 Å². The summed E-state index contributed by atoms with van der Waals surface area (Å²) in [5.74, 6) is 0. The molecule has 2 unspecified atom stereocenters. The highest BCUT2D eigenvalue weighted by atomic mass is 32.1. The molecule has 2 rings (SSSR count). The summed E-state index contributed by atoms with van der Waals surface area (Å²) in [6, 6.07) is 1.09. The summed E-state index contributed by atoms with van der Waals surface area (Å²) in [6.45, 7) is 8.83. The van der Waals surface area contributed by atoms with Crippen LogP contribution in [0.3, 0.4) is 0 Å². The standard InChI is InChI=1S/C13H23N3S/c1-9(13-10(2)17-11(3)15-13)16(4)8-12-6-5-7-14-12/h9,12,14H,5-8H2,1-4H3. The Labute approximate surface area is 108 Å². The number of hydrogen-bond donors (Lipinski definition) is 1. The summed E-state index contributed by atoms with van der Waals surface area (Å²) in [7, 11) is 2.21. The first-order valence-corrected chi connectivity index (χ1v) is 7.27. The lowest BCUT2D eigenvalue weighted by Gasteiger charge is -2.26. The third-order valence-corrected chi connectivity index (χ3v) is 4.57. The van der Waals surface area contributed by atoms with E-state index >= 15 is 0 Å². The Morgan fingerprint density at radius 3 is 2.82 bits per heavy atom. The van der Waals surface area contributed by atoms with Gasteiger partial charge in [0.15, 0.2) is 0 Å². The van der Waals surface area contributed by atoms with E-state index in [1.807, 2.05) is 0 Å². The molecule has 0 spiro atoms. The van der Waals surface area contributed by atoms with Gasteiger partial charge in [-0.25, -0.2) is 4.98 Å². The average molecular weight is 253 g/mol. The van der Waals surface area contributed by atoms with E-state index in [1.165, 1.54) is 35.0 Å². The van der Waals surface area contributed by atoms with E-state index in [1.54, 1.807) is 11.3 Å². The molecule has 0 aliphatic carbocycles. The molecule has 3 nitrogen and oxygen atoms in total. The van der Waals surface area contributed by atoms with Crippen molar-refractivity contribution in [3.05, 3.63) is 15.6 Å². The van der Waals surface area contributed by atoms with E-state index in [0.717, 1.165) is 6.54 Å². The van der Waals surface area contributed by atoms with E-state index in [-0.39, 0.29) is 0 Å². The molecule has 0 saturated carbocycles. The van der Waals surface area contributed by atoms with Crippen molar-refractivity contribution in [2.75, 3.05) is 20.1 Å². The van der Waals surface area contributed by atoms with Crippen molar-refractivity contribution < 1.29 is 0 Å². The largest absolute Gasteiger partial charge is 0.313 e. The van der Waals surface area contributed by atoms with Gasteiger partial charge in [-0.3, -0.25) is 4.90 Å². The lowest BCUT2D eigenvalue weighted by atomic mass is 10.1. The Morgan fingerprint density at radius 2 is 2.29 bits per heavy atom. The van der Waals surface area contributed by atoms with E-state index < -0.39 is 0 Å². The third-order valence-electron chi connectivity index (χ3n) is 3.67. The summed E-state index contributed by atoms with van der Waals surface area (Å²) in [6.07, 6.45) is 2.63. The van der Waals surface area contributed by atoms with Crippen LogP contribution in [0.4, 0.5) is 0 Å². The van der Waals surface area contributed by atoms with Gasteiger partial charge in [-0.05, 0) is 47.2 Å². The molecule has 1 aromatic heterocycles. The molecule has 0 aromatic carbocycles. The zero-order valence-electron chi connectivity index (χ0n) is 11.3. The highest BCUT2D eigenvalue weighted by Crippen LogP contribution is 2.26. The molecule has 0 bridgehead atoms. The maximum Gasteiger partial charge on any atom is 0.0900 e. The van der Waals surface area contributed by atoms with Crippen LogP contribution in [0.15, 0.2) is 0 Å². The van der Waals surface area contributed by atoms with Crippen LogP contribution in [-0.2, 0) is 0 Å². The molecule has 1 aliphatic heterocycles. The average Bonchev–Trinajstić information content (AvgIpc) is 2.87. The Kier molecular flexibility index (Phi) is 4.17. The number of nitrogens with one attached hydrogen (secondary N) is 1. The zero-order valence-corrected chi connectivity index (χ0v) is 12.1. The van der Waals surface area contributed by atoms with Gasteiger partial charge in [0.2, 0.25) is 0 Å². The minimum Gasteiger partial charge on any atom is -0.313 e. The van der Waals surface area contributed by atoms with Crippen molar-refractivity contribution >= 4 is 11.3 Å². The van der Waals surface area contributed by atoms with Crippen molar-refractivity contribution in [1.82, 2.24) is 15.2 Å². The van der Waals surface area contributed by atoms with Gasteiger partial charge in [-0.2, -0.15) is 0 Å². The van der Waals surface area contributed by atoms with Crippen LogP contribution in [0.1, 0.15) is 41.4 Å². The number of rotatable bonds is 4. The van der Waals surface area contributed by atoms with E-state index in [2.05, 4.69) is 43.0 Å². The van der Waals surface area contributed by atoms with Gasteiger partial charge in [-0.1, -0.05) is 0 Å². The third kappa shape index (κ3) is 3.06. The van der Waals surface area contributed by atoms with Crippen LogP contribution in [0, 0.1) is 13.8 Å². The number of aryl methyl sites for hydroxylation is 2. The predicted octanol–water partition coefficient (Wildman–Crippen LogP) is 2.50. The molecule has 4 heteroatoms. The van der Waals surface area contributed by atoms with Crippen molar-refractivity contribution in [2.45, 2.75) is 45.7 Å². The quantitative estimate of drug-likeness (QED) is 0.893. The second-order valence-electron chi connectivity index (χ2n) is 5.08. The van der Waals surface area contributed by atoms with Crippen molar-refractivity contribution in [3.8, 4) is 0 Å². The van der Waals surface area contributed by atoms with Crippen LogP contribution in [0.2, 0.25) is 0 Å². The molecule has 2 heterocycles. The fourth-order valence-electron chi connectivity index (χ4n) is 2.56. The van der Waals surface area contributed by atoms with E-state index in [0.29, 0.717) is 12.1 Å². The zero-order chi connectivity index (χ0) is 12.4. The molecule has 0 amide bonds. The topological polar surface area (TPSA) is 28.2 Å². The lowest BCUT2D eigenvalue weighted by molar-refractivity contribution is 0.234. The molecular weight excluding hydrogens is 230 g/mol. The maximum atomic E-state index is 4.66. The van der Waals surface area contributed by atoms with E-state index in [9.17, 15) is 0 Å². The first-order valence-electron chi connectivity index (χ1n) is 6.45. The molecule has 2 atom stereocenters. The number of thiazole rings is 1. The first-order chi connectivity index (χ1) is 8.08. The van der Waals surface area contributed by atoms with Crippen LogP contribution in [-0.4, -0.2) is 36.1 Å². The highest BCUT2D eigenvalue weighted by Gasteiger charge is 2.22. The molecule has 1 aromatic rings. The Morgan fingerprint density at radius 1 is 1.53 bits per heavy atom. The predicted molar refractivity (Wildman–Crippen MR) is 73.7 cm³/mol. The van der Waals surface area contributed by atoms with Gasteiger partial charge in [0.1, 0.15) is 0 Å². The summed E-state index contributed by atoms with van der Waals surface area (Å²) in [4.78, 5) is 8.45. The van der Waals surface area contributed by atoms with Gasteiger partial charge >= 0.3 is 0 Å². The Balaban J connectivity index is 1.98. The fourth-order valence-corrected chi connectivity index (χ4v) is 3.47. The second-order valence-corrected chi connectivity index (χ2v) is 6.49. The monoisotopic (exact) mass is 253 g/mol.